The summed E-state index contributed by atoms with van der Waals surface area (Å²) in [5, 5.41) is 4.72. The minimum absolute atomic E-state index is 0.100. The molecule has 0 bridgehead atoms. The van der Waals surface area contributed by atoms with Gasteiger partial charge in [0.1, 0.15) is 16.8 Å². The standard InChI is InChI=1S/C23H18N4O2S/c1-29-16-8-6-7-15(13-16)24-21(28)14-30-23-26-18-10-3-2-9-17(18)22-25-19-11-4-5-12-20(19)27(22)23/h2-13H,14H2,1H3,(H,24,28)/p+1. The van der Waals surface area contributed by atoms with E-state index in [0.717, 1.165) is 32.7 Å². The number of hydrogen-bond acceptors (Lipinski definition) is 4. The van der Waals surface area contributed by atoms with Crippen LogP contribution in [-0.4, -0.2) is 28.7 Å². The van der Waals surface area contributed by atoms with Gasteiger partial charge < -0.3 is 10.1 Å². The molecule has 1 amide bonds. The molecule has 0 fully saturated rings. The minimum Gasteiger partial charge on any atom is -0.497 e. The molecule has 0 atom stereocenters. The van der Waals surface area contributed by atoms with Crippen LogP contribution in [-0.2, 0) is 4.79 Å². The van der Waals surface area contributed by atoms with E-state index in [4.69, 9.17) is 9.72 Å². The first kappa shape index (κ1) is 18.4. The van der Waals surface area contributed by atoms with Crippen LogP contribution in [0.3, 0.4) is 0 Å². The lowest BCUT2D eigenvalue weighted by Gasteiger charge is -2.06. The number of rotatable bonds is 5. The molecular formula is C23H19N4O2S+. The topological polar surface area (TPSA) is 71.1 Å². The van der Waals surface area contributed by atoms with Crippen LogP contribution in [0.2, 0.25) is 0 Å². The number of ether oxygens (including phenoxy) is 1. The molecular weight excluding hydrogens is 396 g/mol. The molecule has 0 saturated carbocycles. The quantitative estimate of drug-likeness (QED) is 0.256. The largest absolute Gasteiger partial charge is 0.497 e. The molecule has 7 heteroatoms. The summed E-state index contributed by atoms with van der Waals surface area (Å²) < 4.78 is 7.30. The number of benzene rings is 3. The fourth-order valence-corrected chi connectivity index (χ4v) is 4.33. The molecule has 0 radical (unpaired) electrons. The van der Waals surface area contributed by atoms with Crippen molar-refractivity contribution in [3.63, 3.8) is 0 Å². The number of para-hydroxylation sites is 3. The van der Waals surface area contributed by atoms with Crippen molar-refractivity contribution in [3.8, 4) is 5.75 Å². The number of carbonyl (C=O) groups is 1. The van der Waals surface area contributed by atoms with Gasteiger partial charge in [0.2, 0.25) is 11.6 Å². The van der Waals surface area contributed by atoms with Crippen LogP contribution in [0.5, 0.6) is 5.75 Å². The fourth-order valence-electron chi connectivity index (χ4n) is 3.51. The monoisotopic (exact) mass is 415 g/mol. The van der Waals surface area contributed by atoms with Gasteiger partial charge in [-0.2, -0.15) is 4.40 Å². The van der Waals surface area contributed by atoms with E-state index < -0.39 is 0 Å². The summed E-state index contributed by atoms with van der Waals surface area (Å²) in [5.74, 6) is 0.842. The molecule has 0 unspecified atom stereocenters. The Kier molecular flexibility index (Phi) is 4.72. The molecule has 0 spiro atoms. The normalized spacial score (nSPS) is 11.2. The van der Waals surface area contributed by atoms with Gasteiger partial charge in [0.05, 0.1) is 18.2 Å². The average molecular weight is 415 g/mol. The highest BCUT2D eigenvalue weighted by Gasteiger charge is 2.21. The van der Waals surface area contributed by atoms with Crippen LogP contribution in [0.15, 0.2) is 78.0 Å². The maximum atomic E-state index is 12.6. The summed E-state index contributed by atoms with van der Waals surface area (Å²) in [4.78, 5) is 20.9. The van der Waals surface area contributed by atoms with Crippen LogP contribution < -0.4 is 14.5 Å². The summed E-state index contributed by atoms with van der Waals surface area (Å²) >= 11 is 1.41. The number of amides is 1. The van der Waals surface area contributed by atoms with E-state index >= 15 is 0 Å². The summed E-state index contributed by atoms with van der Waals surface area (Å²) in [6.07, 6.45) is 0. The van der Waals surface area contributed by atoms with E-state index in [1.807, 2.05) is 54.6 Å². The summed E-state index contributed by atoms with van der Waals surface area (Å²) in [6, 6.07) is 23.4. The number of fused-ring (bicyclic) bond motifs is 5. The van der Waals surface area contributed by atoms with Gasteiger partial charge in [0.15, 0.2) is 5.52 Å². The fraction of sp³-hybridized carbons (Fsp3) is 0.0870. The molecule has 2 aromatic heterocycles. The van der Waals surface area contributed by atoms with Gasteiger partial charge in [-0.1, -0.05) is 35.3 Å². The van der Waals surface area contributed by atoms with E-state index in [1.54, 1.807) is 13.2 Å². The van der Waals surface area contributed by atoms with Crippen LogP contribution in [0.1, 0.15) is 0 Å². The number of nitrogens with one attached hydrogen (secondary N) is 2. The number of H-pyrrole nitrogens is 1. The van der Waals surface area contributed by atoms with Gasteiger partial charge in [-0.3, -0.25) is 9.78 Å². The Morgan fingerprint density at radius 3 is 2.83 bits per heavy atom. The predicted molar refractivity (Wildman–Crippen MR) is 119 cm³/mol. The number of imidazole rings is 1. The Morgan fingerprint density at radius 2 is 1.93 bits per heavy atom. The molecule has 2 N–H and O–H groups in total. The molecule has 0 aliphatic heterocycles. The summed E-state index contributed by atoms with van der Waals surface area (Å²) in [6.45, 7) is 0. The number of methoxy groups -OCH3 is 1. The number of hydrogen-bond donors (Lipinski definition) is 2. The van der Waals surface area contributed by atoms with E-state index in [0.29, 0.717) is 11.4 Å². The van der Waals surface area contributed by atoms with Gasteiger partial charge in [-0.25, -0.2) is 0 Å². The number of thioether (sulfide) groups is 1. The van der Waals surface area contributed by atoms with Crippen molar-refractivity contribution in [1.29, 1.82) is 0 Å². The first-order chi connectivity index (χ1) is 14.7. The third kappa shape index (κ3) is 3.33. The van der Waals surface area contributed by atoms with Crippen molar-refractivity contribution in [3.05, 3.63) is 72.8 Å². The summed E-state index contributed by atoms with van der Waals surface area (Å²) in [7, 11) is 1.60. The smallest absolute Gasteiger partial charge is 0.304 e. The zero-order valence-electron chi connectivity index (χ0n) is 16.3. The Balaban J connectivity index is 1.49. The van der Waals surface area contributed by atoms with E-state index in [1.165, 1.54) is 11.8 Å². The molecule has 30 heavy (non-hydrogen) atoms. The van der Waals surface area contributed by atoms with E-state index in [9.17, 15) is 4.79 Å². The van der Waals surface area contributed by atoms with Crippen molar-refractivity contribution in [2.45, 2.75) is 5.16 Å². The van der Waals surface area contributed by atoms with Crippen LogP contribution in [0.4, 0.5) is 5.69 Å². The van der Waals surface area contributed by atoms with Gasteiger partial charge in [-0.05, 0) is 48.2 Å². The van der Waals surface area contributed by atoms with E-state index in [2.05, 4.69) is 26.8 Å². The minimum atomic E-state index is -0.100. The van der Waals surface area contributed by atoms with Crippen molar-refractivity contribution < 1.29 is 13.9 Å². The highest BCUT2D eigenvalue weighted by molar-refractivity contribution is 7.99. The lowest BCUT2D eigenvalue weighted by atomic mass is 10.2. The highest BCUT2D eigenvalue weighted by atomic mass is 32.2. The van der Waals surface area contributed by atoms with Gasteiger partial charge in [0, 0.05) is 11.8 Å². The molecule has 5 aromatic rings. The number of anilines is 1. The zero-order valence-corrected chi connectivity index (χ0v) is 17.1. The Hall–Kier alpha value is -3.58. The number of aromatic nitrogens is 3. The molecule has 0 saturated heterocycles. The second-order valence-electron chi connectivity index (χ2n) is 6.81. The van der Waals surface area contributed by atoms with E-state index in [-0.39, 0.29) is 11.7 Å². The average Bonchev–Trinajstić information content (AvgIpc) is 3.18. The summed E-state index contributed by atoms with van der Waals surface area (Å²) in [5.41, 5.74) is 4.62. The van der Waals surface area contributed by atoms with Crippen molar-refractivity contribution >= 4 is 50.9 Å². The Bertz CT molecular complexity index is 1400. The van der Waals surface area contributed by atoms with Crippen molar-refractivity contribution in [2.75, 3.05) is 18.2 Å². The first-order valence-corrected chi connectivity index (χ1v) is 10.5. The molecule has 0 aliphatic rings. The lowest BCUT2D eigenvalue weighted by Crippen LogP contribution is -2.26. The molecule has 5 rings (SSSR count). The molecule has 6 nitrogen and oxygen atoms in total. The third-order valence-electron chi connectivity index (χ3n) is 4.87. The molecule has 2 heterocycles. The maximum absolute atomic E-state index is 12.6. The first-order valence-electron chi connectivity index (χ1n) is 9.51. The van der Waals surface area contributed by atoms with Gasteiger partial charge >= 0.3 is 5.16 Å². The maximum Gasteiger partial charge on any atom is 0.304 e. The number of aromatic amines is 1. The number of carbonyl (C=O) groups excluding carboxylic acids is 1. The van der Waals surface area contributed by atoms with Gasteiger partial charge in [0.25, 0.3) is 0 Å². The number of nitrogens with zero attached hydrogens (tertiary/aromatic N) is 2. The molecule has 0 aliphatic carbocycles. The molecule has 148 valence electrons. The molecule has 3 aromatic carbocycles. The third-order valence-corrected chi connectivity index (χ3v) is 5.81. The second-order valence-corrected chi connectivity index (χ2v) is 7.75. The van der Waals surface area contributed by atoms with Crippen LogP contribution in [0, 0.1) is 0 Å². The van der Waals surface area contributed by atoms with Crippen LogP contribution in [0.25, 0.3) is 27.6 Å². The van der Waals surface area contributed by atoms with Crippen molar-refractivity contribution in [2.24, 2.45) is 0 Å². The Labute approximate surface area is 176 Å². The zero-order chi connectivity index (χ0) is 20.5. The predicted octanol–water partition coefficient (Wildman–Crippen LogP) is 4.19. The van der Waals surface area contributed by atoms with Crippen LogP contribution >= 0.6 is 11.8 Å². The lowest BCUT2D eigenvalue weighted by molar-refractivity contribution is -0.530. The van der Waals surface area contributed by atoms with Crippen molar-refractivity contribution in [1.82, 2.24) is 9.97 Å². The second kappa shape index (κ2) is 7.68. The Morgan fingerprint density at radius 1 is 1.10 bits per heavy atom. The highest BCUT2D eigenvalue weighted by Crippen LogP contribution is 2.23. The SMILES string of the molecule is COc1cccc(NC(=O)CSc2nc3ccccc3c3[nH]c4ccccc4[n+]23)c1. The van der Waals surface area contributed by atoms with Gasteiger partial charge in [-0.15, -0.1) is 0 Å².